The smallest absolute Gasteiger partial charge is 0.382 e. The number of epoxide rings is 1. The Kier molecular flexibility index (Phi) is 6.03. The third-order valence-corrected chi connectivity index (χ3v) is 5.93. The minimum atomic E-state index is -1.43. The first-order chi connectivity index (χ1) is 13.6. The fourth-order valence-corrected chi connectivity index (χ4v) is 3.64. The van der Waals surface area contributed by atoms with Crippen LogP contribution in [0, 0.1) is 5.21 Å². The zero-order chi connectivity index (χ0) is 21.3. The minimum absolute atomic E-state index is 0.241. The van der Waals surface area contributed by atoms with Gasteiger partial charge in [-0.15, -0.1) is 0 Å². The molecule has 2 aliphatic heterocycles. The first kappa shape index (κ1) is 21.7. The largest absolute Gasteiger partial charge is 0.623 e. The van der Waals surface area contributed by atoms with Crippen molar-refractivity contribution in [3.8, 4) is 0 Å². The van der Waals surface area contributed by atoms with Crippen LogP contribution in [0.2, 0.25) is 0 Å². The van der Waals surface area contributed by atoms with E-state index in [0.29, 0.717) is 23.1 Å². The predicted molar refractivity (Wildman–Crippen MR) is 108 cm³/mol. The van der Waals surface area contributed by atoms with Gasteiger partial charge in [0.25, 0.3) is 0 Å². The summed E-state index contributed by atoms with van der Waals surface area (Å²) in [5.41, 5.74) is -0.735. The Hall–Kier alpha value is -1.96. The predicted octanol–water partition coefficient (Wildman–Crippen LogP) is 3.03. The molecule has 160 valence electrons. The van der Waals surface area contributed by atoms with Crippen LogP contribution in [0.5, 0.6) is 0 Å². The summed E-state index contributed by atoms with van der Waals surface area (Å²) in [6.45, 7) is 8.38. The Morgan fingerprint density at radius 3 is 2.34 bits per heavy atom. The number of esters is 1. The molecule has 1 aromatic rings. The molecule has 29 heavy (non-hydrogen) atoms. The van der Waals surface area contributed by atoms with Crippen LogP contribution in [0.4, 0.5) is 0 Å². The van der Waals surface area contributed by atoms with Crippen LogP contribution in [0.15, 0.2) is 30.3 Å². The molecule has 2 unspecified atom stereocenters. The summed E-state index contributed by atoms with van der Waals surface area (Å²) < 4.78 is 23.6. The number of carbonyl (C=O) groups is 1. The molecular weight excluding hydrogens is 374 g/mol. The van der Waals surface area contributed by atoms with E-state index in [1.165, 1.54) is 13.3 Å². The van der Waals surface area contributed by atoms with Crippen LogP contribution >= 0.6 is 0 Å². The second-order valence-corrected chi connectivity index (χ2v) is 8.71. The van der Waals surface area contributed by atoms with Crippen molar-refractivity contribution in [1.82, 2.24) is 0 Å². The number of rotatable bonds is 8. The lowest BCUT2D eigenvalue weighted by molar-refractivity contribution is -0.529. The molecule has 0 spiro atoms. The van der Waals surface area contributed by atoms with Crippen LogP contribution in [0.1, 0.15) is 52.5 Å². The molecule has 0 aromatic heterocycles. The van der Waals surface area contributed by atoms with Crippen LogP contribution in [-0.4, -0.2) is 59.8 Å². The first-order valence-electron chi connectivity index (χ1n) is 10.1. The molecule has 2 aliphatic rings. The van der Waals surface area contributed by atoms with E-state index in [4.69, 9.17) is 18.9 Å². The molecule has 2 fully saturated rings. The van der Waals surface area contributed by atoms with Gasteiger partial charge in [-0.3, -0.25) is 0 Å². The highest BCUT2D eigenvalue weighted by atomic mass is 16.8. The maximum atomic E-state index is 13.2. The fourth-order valence-electron chi connectivity index (χ4n) is 3.64. The number of nitrogens with zero attached hydrogens (tertiary/aromatic N) is 1. The SMILES string of the molecule is COC(=O)C(/[N+]([O-])=C/c1ccccc1)C1(CCCC2CO2)OC(C)(C)C(C)(C)O1. The average molecular weight is 405 g/mol. The Morgan fingerprint density at radius 1 is 1.24 bits per heavy atom. The number of benzene rings is 1. The standard InChI is InChI=1S/C22H31NO6/c1-20(2)21(3,4)29-22(28-20,13-9-12-17-15-27-17)18(19(24)26-5)23(25)14-16-10-7-6-8-11-16/h6-8,10-11,14,17-18H,9,12-13,15H2,1-5H3/b23-14-. The number of ether oxygens (including phenoxy) is 4. The normalized spacial score (nSPS) is 25.4. The zero-order valence-corrected chi connectivity index (χ0v) is 17.8. The molecular formula is C22H31NO6. The van der Waals surface area contributed by atoms with Gasteiger partial charge < -0.3 is 24.2 Å². The second-order valence-electron chi connectivity index (χ2n) is 8.71. The van der Waals surface area contributed by atoms with Gasteiger partial charge in [0.15, 0.2) is 6.21 Å². The van der Waals surface area contributed by atoms with Crippen molar-refractivity contribution in [1.29, 1.82) is 0 Å². The molecule has 0 radical (unpaired) electrons. The fraction of sp³-hybridized carbons (Fsp3) is 0.636. The Labute approximate surface area is 172 Å². The molecule has 2 atom stereocenters. The number of hydrogen-bond donors (Lipinski definition) is 0. The van der Waals surface area contributed by atoms with Gasteiger partial charge in [0, 0.05) is 12.0 Å². The highest BCUT2D eigenvalue weighted by molar-refractivity contribution is 5.79. The highest BCUT2D eigenvalue weighted by Crippen LogP contribution is 2.48. The van der Waals surface area contributed by atoms with Crippen LogP contribution in [-0.2, 0) is 23.7 Å². The summed E-state index contributed by atoms with van der Waals surface area (Å²) in [7, 11) is 1.27. The van der Waals surface area contributed by atoms with Crippen molar-refractivity contribution in [2.45, 2.75) is 76.1 Å². The monoisotopic (exact) mass is 405 g/mol. The summed E-state index contributed by atoms with van der Waals surface area (Å²) in [5, 5.41) is 13.2. The maximum Gasteiger partial charge on any atom is 0.382 e. The molecule has 7 heteroatoms. The van der Waals surface area contributed by atoms with Crippen molar-refractivity contribution in [3.63, 3.8) is 0 Å². The maximum absolute atomic E-state index is 13.2. The number of carbonyl (C=O) groups excluding carboxylic acids is 1. The Balaban J connectivity index is 1.98. The van der Waals surface area contributed by atoms with E-state index < -0.39 is 29.0 Å². The Bertz CT molecular complexity index is 738. The molecule has 7 nitrogen and oxygen atoms in total. The van der Waals surface area contributed by atoms with E-state index in [-0.39, 0.29) is 6.10 Å². The lowest BCUT2D eigenvalue weighted by Crippen LogP contribution is -2.55. The van der Waals surface area contributed by atoms with Crippen molar-refractivity contribution < 1.29 is 28.5 Å². The molecule has 0 amide bonds. The van der Waals surface area contributed by atoms with Crippen LogP contribution in [0.25, 0.3) is 0 Å². The van der Waals surface area contributed by atoms with Gasteiger partial charge in [-0.2, -0.15) is 4.74 Å². The van der Waals surface area contributed by atoms with Crippen molar-refractivity contribution in [3.05, 3.63) is 41.1 Å². The molecule has 1 aromatic carbocycles. The molecule has 3 rings (SSSR count). The second kappa shape index (κ2) is 8.05. The van der Waals surface area contributed by atoms with Crippen molar-refractivity contribution in [2.24, 2.45) is 0 Å². The Morgan fingerprint density at radius 2 is 1.83 bits per heavy atom. The molecule has 0 saturated carbocycles. The van der Waals surface area contributed by atoms with E-state index in [1.807, 2.05) is 45.9 Å². The number of hydroxylamine groups is 1. The molecule has 2 saturated heterocycles. The van der Waals surface area contributed by atoms with E-state index in [0.717, 1.165) is 13.0 Å². The van der Waals surface area contributed by atoms with Gasteiger partial charge in [0.1, 0.15) is 0 Å². The zero-order valence-electron chi connectivity index (χ0n) is 17.8. The lowest BCUT2D eigenvalue weighted by atomic mass is 9.90. The van der Waals surface area contributed by atoms with E-state index in [1.54, 1.807) is 12.1 Å². The number of hydrogen-bond acceptors (Lipinski definition) is 6. The molecule has 2 heterocycles. The van der Waals surface area contributed by atoms with Gasteiger partial charge in [-0.1, -0.05) is 18.2 Å². The third kappa shape index (κ3) is 4.63. The average Bonchev–Trinajstić information content (AvgIpc) is 3.42. The van der Waals surface area contributed by atoms with Crippen LogP contribution in [0.3, 0.4) is 0 Å². The minimum Gasteiger partial charge on any atom is -0.623 e. The van der Waals surface area contributed by atoms with Gasteiger partial charge in [-0.05, 0) is 52.7 Å². The summed E-state index contributed by atoms with van der Waals surface area (Å²) in [6.07, 6.45) is 3.51. The van der Waals surface area contributed by atoms with E-state index in [2.05, 4.69) is 0 Å². The van der Waals surface area contributed by atoms with E-state index >= 15 is 0 Å². The summed E-state index contributed by atoms with van der Waals surface area (Å²) >= 11 is 0. The quantitative estimate of drug-likeness (QED) is 0.165. The molecule has 0 bridgehead atoms. The summed E-state index contributed by atoms with van der Waals surface area (Å²) in [6, 6.07) is 7.80. The third-order valence-electron chi connectivity index (χ3n) is 5.93. The topological polar surface area (TPSA) is 83.4 Å². The lowest BCUT2D eigenvalue weighted by Gasteiger charge is -2.33. The van der Waals surface area contributed by atoms with Gasteiger partial charge in [0.05, 0.1) is 31.0 Å². The summed E-state index contributed by atoms with van der Waals surface area (Å²) in [4.78, 5) is 12.8. The van der Waals surface area contributed by atoms with Gasteiger partial charge in [-0.25, -0.2) is 4.79 Å². The van der Waals surface area contributed by atoms with Gasteiger partial charge >= 0.3 is 12.0 Å². The first-order valence-corrected chi connectivity index (χ1v) is 10.1. The molecule has 0 N–H and O–H groups in total. The van der Waals surface area contributed by atoms with E-state index in [9.17, 15) is 10.0 Å². The van der Waals surface area contributed by atoms with Crippen molar-refractivity contribution in [2.75, 3.05) is 13.7 Å². The van der Waals surface area contributed by atoms with Gasteiger partial charge in [0.2, 0.25) is 5.79 Å². The highest BCUT2D eigenvalue weighted by Gasteiger charge is 2.65. The summed E-state index contributed by atoms with van der Waals surface area (Å²) in [5.74, 6) is -2.12. The number of methoxy groups -OCH3 is 1. The van der Waals surface area contributed by atoms with Crippen molar-refractivity contribution >= 4 is 12.2 Å². The van der Waals surface area contributed by atoms with Crippen LogP contribution < -0.4 is 0 Å². The molecule has 0 aliphatic carbocycles.